The highest BCUT2D eigenvalue weighted by Gasteiger charge is 2.14. The average molecular weight is 295 g/mol. The molecule has 0 atom stereocenters. The Hall–Kier alpha value is -2.69. The number of aromatic nitrogens is 3. The van der Waals surface area contributed by atoms with Crippen molar-refractivity contribution in [2.75, 3.05) is 0 Å². The lowest BCUT2D eigenvalue weighted by Gasteiger charge is -2.06. The van der Waals surface area contributed by atoms with Gasteiger partial charge in [-0.1, -0.05) is 30.3 Å². The second-order valence-electron chi connectivity index (χ2n) is 5.35. The lowest BCUT2D eigenvalue weighted by Crippen LogP contribution is -2.13. The Morgan fingerprint density at radius 3 is 2.73 bits per heavy atom. The molecule has 1 aromatic carbocycles. The van der Waals surface area contributed by atoms with Crippen LogP contribution in [0.2, 0.25) is 0 Å². The number of carbonyl (C=O) groups is 1. The Morgan fingerprint density at radius 1 is 1.23 bits per heavy atom. The molecule has 1 N–H and O–H groups in total. The molecule has 0 radical (unpaired) electrons. The summed E-state index contributed by atoms with van der Waals surface area (Å²) in [6.45, 7) is 1.84. The number of aryl methyl sites for hydroxylation is 3. The molecule has 0 amide bonds. The van der Waals surface area contributed by atoms with E-state index in [1.54, 1.807) is 10.8 Å². The SMILES string of the molecule is Cc1cnc2c(c1)nc(CCc1ccccc1)n2CC(=O)O. The first-order valence-electron chi connectivity index (χ1n) is 7.21. The van der Waals surface area contributed by atoms with Gasteiger partial charge < -0.3 is 9.67 Å². The van der Waals surface area contributed by atoms with Crippen LogP contribution in [-0.2, 0) is 24.2 Å². The van der Waals surface area contributed by atoms with Crippen LogP contribution < -0.4 is 0 Å². The van der Waals surface area contributed by atoms with Crippen LogP contribution >= 0.6 is 0 Å². The van der Waals surface area contributed by atoms with Crippen LogP contribution in [0.4, 0.5) is 0 Å². The number of pyridine rings is 1. The van der Waals surface area contributed by atoms with Gasteiger partial charge in [-0.3, -0.25) is 4.79 Å². The van der Waals surface area contributed by atoms with Gasteiger partial charge in [0.2, 0.25) is 0 Å². The van der Waals surface area contributed by atoms with Crippen LogP contribution in [0.25, 0.3) is 11.2 Å². The van der Waals surface area contributed by atoms with E-state index in [1.807, 2.05) is 31.2 Å². The van der Waals surface area contributed by atoms with Crippen molar-refractivity contribution in [3.8, 4) is 0 Å². The van der Waals surface area contributed by atoms with E-state index in [0.717, 1.165) is 23.3 Å². The summed E-state index contributed by atoms with van der Waals surface area (Å²) in [5.41, 5.74) is 3.61. The van der Waals surface area contributed by atoms with Crippen LogP contribution in [0.1, 0.15) is 17.0 Å². The number of benzene rings is 1. The van der Waals surface area contributed by atoms with Gasteiger partial charge in [-0.25, -0.2) is 9.97 Å². The van der Waals surface area contributed by atoms with Crippen molar-refractivity contribution in [1.29, 1.82) is 0 Å². The zero-order valence-corrected chi connectivity index (χ0v) is 12.4. The molecule has 2 heterocycles. The molecule has 0 spiro atoms. The van der Waals surface area contributed by atoms with E-state index in [0.29, 0.717) is 12.1 Å². The average Bonchev–Trinajstić information content (AvgIpc) is 2.82. The minimum Gasteiger partial charge on any atom is -0.480 e. The number of rotatable bonds is 5. The Morgan fingerprint density at radius 2 is 2.00 bits per heavy atom. The molecule has 0 saturated carbocycles. The van der Waals surface area contributed by atoms with Gasteiger partial charge in [0, 0.05) is 12.6 Å². The summed E-state index contributed by atoms with van der Waals surface area (Å²) in [5.74, 6) is -0.123. The molecule has 0 unspecified atom stereocenters. The van der Waals surface area contributed by atoms with Crippen molar-refractivity contribution in [3.63, 3.8) is 0 Å². The summed E-state index contributed by atoms with van der Waals surface area (Å²) in [7, 11) is 0. The summed E-state index contributed by atoms with van der Waals surface area (Å²) in [6.07, 6.45) is 3.25. The molecular weight excluding hydrogens is 278 g/mol. The number of imidazole rings is 1. The molecule has 0 aliphatic carbocycles. The molecule has 112 valence electrons. The first kappa shape index (κ1) is 14.3. The number of carboxylic acid groups (broad SMARTS) is 1. The maximum Gasteiger partial charge on any atom is 0.323 e. The summed E-state index contributed by atoms with van der Waals surface area (Å²) in [6, 6.07) is 12.0. The fourth-order valence-electron chi connectivity index (χ4n) is 2.55. The Labute approximate surface area is 128 Å². The lowest BCUT2D eigenvalue weighted by molar-refractivity contribution is -0.137. The lowest BCUT2D eigenvalue weighted by atomic mass is 10.1. The summed E-state index contributed by atoms with van der Waals surface area (Å²) in [5, 5.41) is 9.13. The minimum atomic E-state index is -0.886. The van der Waals surface area contributed by atoms with Gasteiger partial charge in [-0.15, -0.1) is 0 Å². The smallest absolute Gasteiger partial charge is 0.323 e. The van der Waals surface area contributed by atoms with Crippen molar-refractivity contribution in [3.05, 3.63) is 59.5 Å². The number of hydrogen-bond donors (Lipinski definition) is 1. The normalized spacial score (nSPS) is 11.0. The third-order valence-electron chi connectivity index (χ3n) is 3.57. The van der Waals surface area contributed by atoms with E-state index in [2.05, 4.69) is 22.1 Å². The van der Waals surface area contributed by atoms with E-state index < -0.39 is 5.97 Å². The van der Waals surface area contributed by atoms with Crippen molar-refractivity contribution in [1.82, 2.24) is 14.5 Å². The molecule has 0 bridgehead atoms. The van der Waals surface area contributed by atoms with Crippen molar-refractivity contribution in [2.24, 2.45) is 0 Å². The predicted octanol–water partition coefficient (Wildman–Crippen LogP) is 2.61. The summed E-state index contributed by atoms with van der Waals surface area (Å²) < 4.78 is 1.69. The molecule has 0 fully saturated rings. The maximum absolute atomic E-state index is 11.1. The fourth-order valence-corrected chi connectivity index (χ4v) is 2.55. The van der Waals surface area contributed by atoms with Crippen LogP contribution in [0.3, 0.4) is 0 Å². The topological polar surface area (TPSA) is 68.0 Å². The standard InChI is InChI=1S/C17H17N3O2/c1-12-9-14-17(18-10-12)20(11-16(21)22)15(19-14)8-7-13-5-3-2-4-6-13/h2-6,9-10H,7-8,11H2,1H3,(H,21,22). The summed E-state index contributed by atoms with van der Waals surface area (Å²) in [4.78, 5) is 20.1. The Balaban J connectivity index is 1.94. The third-order valence-corrected chi connectivity index (χ3v) is 3.57. The highest BCUT2D eigenvalue weighted by Crippen LogP contribution is 2.17. The number of nitrogens with zero attached hydrogens (tertiary/aromatic N) is 3. The zero-order chi connectivity index (χ0) is 15.5. The largest absolute Gasteiger partial charge is 0.480 e. The van der Waals surface area contributed by atoms with Crippen molar-refractivity contribution >= 4 is 17.1 Å². The third kappa shape index (κ3) is 2.98. The van der Waals surface area contributed by atoms with E-state index >= 15 is 0 Å². The number of aliphatic carboxylic acids is 1. The highest BCUT2D eigenvalue weighted by molar-refractivity contribution is 5.75. The second kappa shape index (κ2) is 5.97. The molecular formula is C17H17N3O2. The first-order chi connectivity index (χ1) is 10.6. The fraction of sp³-hybridized carbons (Fsp3) is 0.235. The monoisotopic (exact) mass is 295 g/mol. The van der Waals surface area contributed by atoms with Gasteiger partial charge in [0.15, 0.2) is 5.65 Å². The Kier molecular flexibility index (Phi) is 3.87. The van der Waals surface area contributed by atoms with Gasteiger partial charge in [0.25, 0.3) is 0 Å². The quantitative estimate of drug-likeness (QED) is 0.785. The van der Waals surface area contributed by atoms with Crippen molar-refractivity contribution in [2.45, 2.75) is 26.3 Å². The molecule has 5 nitrogen and oxygen atoms in total. The van der Waals surface area contributed by atoms with Gasteiger partial charge in [-0.05, 0) is 30.5 Å². The van der Waals surface area contributed by atoms with Gasteiger partial charge in [-0.2, -0.15) is 0 Å². The van der Waals surface area contributed by atoms with Crippen LogP contribution in [0.5, 0.6) is 0 Å². The minimum absolute atomic E-state index is 0.114. The second-order valence-corrected chi connectivity index (χ2v) is 5.35. The van der Waals surface area contributed by atoms with Crippen LogP contribution in [0.15, 0.2) is 42.6 Å². The van der Waals surface area contributed by atoms with Gasteiger partial charge >= 0.3 is 5.97 Å². The molecule has 0 aliphatic heterocycles. The molecule has 3 rings (SSSR count). The van der Waals surface area contributed by atoms with E-state index in [1.165, 1.54) is 5.56 Å². The Bertz CT molecular complexity index is 809. The zero-order valence-electron chi connectivity index (χ0n) is 12.4. The van der Waals surface area contributed by atoms with E-state index in [-0.39, 0.29) is 6.54 Å². The van der Waals surface area contributed by atoms with Gasteiger partial charge in [0.1, 0.15) is 17.9 Å². The van der Waals surface area contributed by atoms with Crippen molar-refractivity contribution < 1.29 is 9.90 Å². The molecule has 5 heteroatoms. The van der Waals surface area contributed by atoms with Crippen LogP contribution in [0, 0.1) is 6.92 Å². The highest BCUT2D eigenvalue weighted by atomic mass is 16.4. The summed E-state index contributed by atoms with van der Waals surface area (Å²) >= 11 is 0. The molecule has 22 heavy (non-hydrogen) atoms. The number of fused-ring (bicyclic) bond motifs is 1. The molecule has 3 aromatic rings. The number of hydrogen-bond acceptors (Lipinski definition) is 3. The molecule has 2 aromatic heterocycles. The predicted molar refractivity (Wildman–Crippen MR) is 83.8 cm³/mol. The van der Waals surface area contributed by atoms with E-state index in [4.69, 9.17) is 5.11 Å². The maximum atomic E-state index is 11.1. The van der Waals surface area contributed by atoms with E-state index in [9.17, 15) is 4.79 Å². The van der Waals surface area contributed by atoms with Gasteiger partial charge in [0.05, 0.1) is 0 Å². The molecule has 0 saturated heterocycles. The number of carboxylic acids is 1. The first-order valence-corrected chi connectivity index (χ1v) is 7.21. The van der Waals surface area contributed by atoms with Crippen LogP contribution in [-0.4, -0.2) is 25.6 Å². The molecule has 0 aliphatic rings.